The van der Waals surface area contributed by atoms with E-state index in [0.717, 1.165) is 0 Å². The summed E-state index contributed by atoms with van der Waals surface area (Å²) in [6.45, 7) is 0. The smallest absolute Gasteiger partial charge is 0.265 e. The molecule has 5 heteroatoms. The van der Waals surface area contributed by atoms with Gasteiger partial charge in [-0.2, -0.15) is 0 Å². The molecule has 0 aromatic heterocycles. The highest BCUT2D eigenvalue weighted by Crippen LogP contribution is 2.25. The van der Waals surface area contributed by atoms with Crippen LogP contribution in [0, 0.1) is 12.3 Å². The van der Waals surface area contributed by atoms with Crippen LogP contribution in [-0.2, 0) is 10.0 Å². The van der Waals surface area contributed by atoms with Crippen molar-refractivity contribution in [2.24, 2.45) is 0 Å². The van der Waals surface area contributed by atoms with Gasteiger partial charge in [0.25, 0.3) is 10.0 Å². The summed E-state index contributed by atoms with van der Waals surface area (Å²) in [5, 5.41) is 0. The first-order chi connectivity index (χ1) is 9.56. The van der Waals surface area contributed by atoms with E-state index in [1.807, 2.05) is 0 Å². The number of benzene rings is 2. The Kier molecular flexibility index (Phi) is 3.97. The van der Waals surface area contributed by atoms with Crippen LogP contribution < -0.4 is 9.46 Å². The van der Waals surface area contributed by atoms with Crippen LogP contribution in [0.15, 0.2) is 53.4 Å². The van der Waals surface area contributed by atoms with Crippen molar-refractivity contribution in [3.8, 4) is 18.1 Å². The lowest BCUT2D eigenvalue weighted by Gasteiger charge is -2.11. The molecule has 0 bridgehead atoms. The third kappa shape index (κ3) is 2.92. The number of sulfonamides is 1. The molecule has 4 nitrogen and oxygen atoms in total. The van der Waals surface area contributed by atoms with E-state index in [4.69, 9.17) is 11.2 Å². The van der Waals surface area contributed by atoms with Crippen molar-refractivity contribution in [2.75, 3.05) is 11.8 Å². The van der Waals surface area contributed by atoms with Crippen LogP contribution in [0.2, 0.25) is 0 Å². The zero-order valence-electron chi connectivity index (χ0n) is 10.8. The normalized spacial score (nSPS) is 10.6. The van der Waals surface area contributed by atoms with Crippen LogP contribution in [0.3, 0.4) is 0 Å². The van der Waals surface area contributed by atoms with Gasteiger partial charge in [0, 0.05) is 5.56 Å². The predicted molar refractivity (Wildman–Crippen MR) is 78.2 cm³/mol. The maximum atomic E-state index is 12.3. The van der Waals surface area contributed by atoms with Crippen LogP contribution in [0.4, 0.5) is 5.69 Å². The molecule has 0 radical (unpaired) electrons. The van der Waals surface area contributed by atoms with Crippen molar-refractivity contribution in [2.45, 2.75) is 4.90 Å². The molecule has 0 aliphatic carbocycles. The second kappa shape index (κ2) is 5.68. The Morgan fingerprint density at radius 3 is 2.60 bits per heavy atom. The molecule has 0 saturated carbocycles. The van der Waals surface area contributed by atoms with Gasteiger partial charge in [-0.25, -0.2) is 8.42 Å². The number of ether oxygens (including phenoxy) is 1. The van der Waals surface area contributed by atoms with E-state index < -0.39 is 10.0 Å². The lowest BCUT2D eigenvalue weighted by Crippen LogP contribution is -2.14. The molecule has 2 aromatic rings. The number of terminal acetylenes is 1. The molecule has 20 heavy (non-hydrogen) atoms. The minimum Gasteiger partial charge on any atom is -0.495 e. The maximum absolute atomic E-state index is 12.3. The minimum absolute atomic E-state index is 0.0774. The molecule has 0 saturated heterocycles. The Morgan fingerprint density at radius 2 is 1.90 bits per heavy atom. The minimum atomic E-state index is -3.72. The Morgan fingerprint density at radius 1 is 1.15 bits per heavy atom. The Balaban J connectivity index is 2.38. The first-order valence-corrected chi connectivity index (χ1v) is 7.27. The van der Waals surface area contributed by atoms with E-state index in [9.17, 15) is 8.42 Å². The van der Waals surface area contributed by atoms with Gasteiger partial charge in [-0.3, -0.25) is 4.72 Å². The average Bonchev–Trinajstić information content (AvgIpc) is 2.47. The van der Waals surface area contributed by atoms with Gasteiger partial charge >= 0.3 is 0 Å². The molecule has 2 rings (SSSR count). The number of hydrogen-bond donors (Lipinski definition) is 1. The largest absolute Gasteiger partial charge is 0.495 e. The fourth-order valence-electron chi connectivity index (χ4n) is 1.72. The molecular weight excluding hydrogens is 274 g/mol. The van der Waals surface area contributed by atoms with Gasteiger partial charge in [0.1, 0.15) is 10.6 Å². The molecule has 0 atom stereocenters. The van der Waals surface area contributed by atoms with Gasteiger partial charge in [-0.15, -0.1) is 6.42 Å². The second-order valence-electron chi connectivity index (χ2n) is 3.98. The van der Waals surface area contributed by atoms with Crippen molar-refractivity contribution in [1.82, 2.24) is 0 Å². The van der Waals surface area contributed by atoms with Gasteiger partial charge in [0.15, 0.2) is 0 Å². The van der Waals surface area contributed by atoms with E-state index in [1.165, 1.54) is 13.2 Å². The van der Waals surface area contributed by atoms with Crippen molar-refractivity contribution >= 4 is 15.7 Å². The summed E-state index contributed by atoms with van der Waals surface area (Å²) >= 11 is 0. The maximum Gasteiger partial charge on any atom is 0.265 e. The summed E-state index contributed by atoms with van der Waals surface area (Å²) in [6.07, 6.45) is 5.29. The molecule has 0 fully saturated rings. The molecule has 0 aliphatic rings. The van der Waals surface area contributed by atoms with Crippen LogP contribution in [0.1, 0.15) is 5.56 Å². The van der Waals surface area contributed by atoms with E-state index >= 15 is 0 Å². The zero-order valence-corrected chi connectivity index (χ0v) is 11.6. The van der Waals surface area contributed by atoms with E-state index in [2.05, 4.69) is 10.6 Å². The van der Waals surface area contributed by atoms with Crippen LogP contribution in [0.5, 0.6) is 5.75 Å². The van der Waals surface area contributed by atoms with Crippen molar-refractivity contribution in [1.29, 1.82) is 0 Å². The predicted octanol–water partition coefficient (Wildman–Crippen LogP) is 2.48. The summed E-state index contributed by atoms with van der Waals surface area (Å²) in [5.41, 5.74) is 1.01. The fourth-order valence-corrected chi connectivity index (χ4v) is 2.94. The van der Waals surface area contributed by atoms with Gasteiger partial charge in [-0.05, 0) is 30.3 Å². The quantitative estimate of drug-likeness (QED) is 0.879. The monoisotopic (exact) mass is 287 g/mol. The van der Waals surface area contributed by atoms with Gasteiger partial charge < -0.3 is 4.74 Å². The number of anilines is 1. The SMILES string of the molecule is C#Cc1cccc(NS(=O)(=O)c2ccccc2OC)c1. The third-order valence-corrected chi connectivity index (χ3v) is 4.06. The van der Waals surface area contributed by atoms with Crippen molar-refractivity contribution in [3.05, 3.63) is 54.1 Å². The number of nitrogens with one attached hydrogen (secondary N) is 1. The molecule has 0 aliphatic heterocycles. The Hall–Kier alpha value is -2.45. The van der Waals surface area contributed by atoms with Crippen LogP contribution in [0.25, 0.3) is 0 Å². The highest BCUT2D eigenvalue weighted by molar-refractivity contribution is 7.92. The van der Waals surface area contributed by atoms with Crippen molar-refractivity contribution < 1.29 is 13.2 Å². The topological polar surface area (TPSA) is 55.4 Å². The molecule has 0 spiro atoms. The second-order valence-corrected chi connectivity index (χ2v) is 5.63. The molecule has 2 aromatic carbocycles. The van der Waals surface area contributed by atoms with Gasteiger partial charge in [-0.1, -0.05) is 24.1 Å². The number of para-hydroxylation sites is 1. The summed E-state index contributed by atoms with van der Waals surface area (Å²) in [7, 11) is -2.30. The first kappa shape index (κ1) is 14.0. The summed E-state index contributed by atoms with van der Waals surface area (Å²) in [6, 6.07) is 13.0. The average molecular weight is 287 g/mol. The van der Waals surface area contributed by atoms with Crippen LogP contribution >= 0.6 is 0 Å². The summed E-state index contributed by atoms with van der Waals surface area (Å²) in [5.74, 6) is 2.74. The lowest BCUT2D eigenvalue weighted by atomic mass is 10.2. The zero-order chi connectivity index (χ0) is 14.6. The highest BCUT2D eigenvalue weighted by atomic mass is 32.2. The van der Waals surface area contributed by atoms with Crippen LogP contribution in [-0.4, -0.2) is 15.5 Å². The van der Waals surface area contributed by atoms with Gasteiger partial charge in [0.05, 0.1) is 12.8 Å². The Bertz CT molecular complexity index is 761. The van der Waals surface area contributed by atoms with Gasteiger partial charge in [0.2, 0.25) is 0 Å². The standard InChI is InChI=1S/C15H13NO3S/c1-3-12-7-6-8-13(11-12)16-20(17,18)15-10-5-4-9-14(15)19-2/h1,4-11,16H,2H3. The first-order valence-electron chi connectivity index (χ1n) is 5.79. The number of rotatable bonds is 4. The number of hydrogen-bond acceptors (Lipinski definition) is 3. The fraction of sp³-hybridized carbons (Fsp3) is 0.0667. The molecule has 0 amide bonds. The van der Waals surface area contributed by atoms with E-state index in [0.29, 0.717) is 11.3 Å². The summed E-state index contributed by atoms with van der Waals surface area (Å²) in [4.78, 5) is 0.0774. The lowest BCUT2D eigenvalue weighted by molar-refractivity contribution is 0.403. The third-order valence-electron chi connectivity index (χ3n) is 2.64. The van der Waals surface area contributed by atoms with Crippen molar-refractivity contribution in [3.63, 3.8) is 0 Å². The number of methoxy groups -OCH3 is 1. The molecular formula is C15H13NO3S. The highest BCUT2D eigenvalue weighted by Gasteiger charge is 2.18. The molecule has 0 unspecified atom stereocenters. The molecule has 0 heterocycles. The van der Waals surface area contributed by atoms with E-state index in [-0.39, 0.29) is 10.6 Å². The molecule has 1 N–H and O–H groups in total. The Labute approximate surface area is 118 Å². The summed E-state index contributed by atoms with van der Waals surface area (Å²) < 4.78 is 32.2. The van der Waals surface area contributed by atoms with E-state index in [1.54, 1.807) is 42.5 Å². The molecule has 102 valence electrons.